The molecule has 1 fully saturated rings. The van der Waals surface area contributed by atoms with Gasteiger partial charge in [0.25, 0.3) is 0 Å². The number of ether oxygens (including phenoxy) is 1. The summed E-state index contributed by atoms with van der Waals surface area (Å²) in [6.45, 7) is 1.67. The number of fused-ring (bicyclic) bond motifs is 2. The van der Waals surface area contributed by atoms with Crippen LogP contribution in [0, 0.1) is 0 Å². The lowest BCUT2D eigenvalue weighted by molar-refractivity contribution is 0.333. The smallest absolute Gasteiger partial charge is 0.231 e. The molecular weight excluding hydrogens is 576 g/mol. The number of nitrogens with zero attached hydrogens (tertiary/aromatic N) is 5. The van der Waals surface area contributed by atoms with Crippen molar-refractivity contribution >= 4 is 44.9 Å². The molecule has 5 aromatic rings. The van der Waals surface area contributed by atoms with Crippen molar-refractivity contribution in [3.8, 4) is 22.9 Å². The molecule has 8 nitrogen and oxygen atoms in total. The van der Waals surface area contributed by atoms with Gasteiger partial charge < -0.3 is 19.5 Å². The molecule has 1 unspecified atom stereocenters. The van der Waals surface area contributed by atoms with Gasteiger partial charge in [0.05, 0.1) is 17.3 Å². The normalized spacial score (nSPS) is 16.1. The quantitative estimate of drug-likeness (QED) is 0.214. The average molecular weight is 600 g/mol. The lowest BCUT2D eigenvalue weighted by Gasteiger charge is -2.31. The predicted molar refractivity (Wildman–Crippen MR) is 154 cm³/mol. The lowest BCUT2D eigenvalue weighted by Crippen LogP contribution is -2.35. The van der Waals surface area contributed by atoms with Gasteiger partial charge >= 0.3 is 0 Å². The monoisotopic (exact) mass is 598 g/mol. The number of para-hydroxylation sites is 2. The zero-order valence-corrected chi connectivity index (χ0v) is 23.2. The van der Waals surface area contributed by atoms with E-state index < -0.39 is 0 Å². The first-order valence-electron chi connectivity index (χ1n) is 12.7. The highest BCUT2D eigenvalue weighted by molar-refractivity contribution is 9.10. The third-order valence-corrected chi connectivity index (χ3v) is 8.28. The van der Waals surface area contributed by atoms with E-state index in [9.17, 15) is 0 Å². The molecular formula is C29H23BrN6O2S. The molecule has 2 aliphatic rings. The van der Waals surface area contributed by atoms with Gasteiger partial charge in [-0.1, -0.05) is 45.0 Å². The van der Waals surface area contributed by atoms with Crippen LogP contribution in [0.1, 0.15) is 24.7 Å². The van der Waals surface area contributed by atoms with Gasteiger partial charge in [0.1, 0.15) is 5.03 Å². The second kappa shape index (κ2) is 10.3. The van der Waals surface area contributed by atoms with E-state index in [0.717, 1.165) is 74.6 Å². The zero-order chi connectivity index (χ0) is 26.2. The summed E-state index contributed by atoms with van der Waals surface area (Å²) in [6, 6.07) is 26.0. The Morgan fingerprint density at radius 3 is 2.67 bits per heavy atom. The SMILES string of the molecule is Brc1ccc(Sc2ccc(N3CCCC(c4nc(-c5ccc6c(c5)Oc5ccccc5N6)no4)C3)nn2)cc1. The van der Waals surface area contributed by atoms with Crippen molar-refractivity contribution in [3.63, 3.8) is 0 Å². The fourth-order valence-electron chi connectivity index (χ4n) is 4.84. The van der Waals surface area contributed by atoms with Crippen molar-refractivity contribution in [1.29, 1.82) is 0 Å². The van der Waals surface area contributed by atoms with Crippen LogP contribution in [0.2, 0.25) is 0 Å². The molecule has 1 saturated heterocycles. The zero-order valence-electron chi connectivity index (χ0n) is 20.8. The van der Waals surface area contributed by atoms with E-state index in [1.165, 1.54) is 0 Å². The van der Waals surface area contributed by atoms with Gasteiger partial charge in [0.15, 0.2) is 17.3 Å². The highest BCUT2D eigenvalue weighted by Gasteiger charge is 2.27. The first kappa shape index (κ1) is 24.2. The fourth-order valence-corrected chi connectivity index (χ4v) is 5.83. The second-order valence-corrected chi connectivity index (χ2v) is 11.5. The number of anilines is 3. The Morgan fingerprint density at radius 2 is 1.79 bits per heavy atom. The Morgan fingerprint density at radius 1 is 0.923 bits per heavy atom. The summed E-state index contributed by atoms with van der Waals surface area (Å²) in [4.78, 5) is 8.14. The number of hydrogen-bond acceptors (Lipinski definition) is 9. The summed E-state index contributed by atoms with van der Waals surface area (Å²) in [5.41, 5.74) is 2.71. The Balaban J connectivity index is 1.04. The molecule has 0 radical (unpaired) electrons. The molecule has 0 amide bonds. The Bertz CT molecular complexity index is 1630. The minimum absolute atomic E-state index is 0.126. The molecule has 2 aromatic heterocycles. The number of rotatable bonds is 5. The molecule has 7 rings (SSSR count). The van der Waals surface area contributed by atoms with Crippen LogP contribution >= 0.6 is 27.7 Å². The summed E-state index contributed by atoms with van der Waals surface area (Å²) in [5.74, 6) is 3.72. The Labute approximate surface area is 237 Å². The first-order chi connectivity index (χ1) is 19.2. The summed E-state index contributed by atoms with van der Waals surface area (Å²) in [5, 5.41) is 17.5. The number of halogens is 1. The fraction of sp³-hybridized carbons (Fsp3) is 0.172. The number of aromatic nitrogens is 4. The third-order valence-electron chi connectivity index (χ3n) is 6.81. The maximum atomic E-state index is 6.10. The van der Waals surface area contributed by atoms with Crippen molar-refractivity contribution in [2.75, 3.05) is 23.3 Å². The molecule has 2 aliphatic heterocycles. The minimum Gasteiger partial charge on any atom is -0.453 e. The van der Waals surface area contributed by atoms with Gasteiger partial charge in [-0.3, -0.25) is 0 Å². The minimum atomic E-state index is 0.126. The molecule has 4 heterocycles. The van der Waals surface area contributed by atoms with Crippen molar-refractivity contribution in [1.82, 2.24) is 20.3 Å². The summed E-state index contributed by atoms with van der Waals surface area (Å²) in [6.07, 6.45) is 1.99. The molecule has 0 bridgehead atoms. The van der Waals surface area contributed by atoms with Crippen LogP contribution in [-0.4, -0.2) is 33.4 Å². The molecule has 0 aliphatic carbocycles. The van der Waals surface area contributed by atoms with E-state index in [1.807, 2.05) is 66.7 Å². The summed E-state index contributed by atoms with van der Waals surface area (Å²) >= 11 is 5.07. The van der Waals surface area contributed by atoms with Crippen LogP contribution in [-0.2, 0) is 0 Å². The van der Waals surface area contributed by atoms with E-state index in [4.69, 9.17) is 14.2 Å². The molecule has 0 spiro atoms. The van der Waals surface area contributed by atoms with E-state index >= 15 is 0 Å². The molecule has 1 N–H and O–H groups in total. The predicted octanol–water partition coefficient (Wildman–Crippen LogP) is 7.67. The highest BCUT2D eigenvalue weighted by atomic mass is 79.9. The number of piperidine rings is 1. The van der Waals surface area contributed by atoms with Crippen molar-refractivity contribution in [2.24, 2.45) is 0 Å². The molecule has 10 heteroatoms. The van der Waals surface area contributed by atoms with E-state index in [2.05, 4.69) is 53.6 Å². The van der Waals surface area contributed by atoms with Crippen LogP contribution in [0.5, 0.6) is 11.5 Å². The maximum Gasteiger partial charge on any atom is 0.231 e. The molecule has 1 atom stereocenters. The molecule has 0 saturated carbocycles. The van der Waals surface area contributed by atoms with Crippen molar-refractivity contribution < 1.29 is 9.26 Å². The number of benzene rings is 3. The average Bonchev–Trinajstić information content (AvgIpc) is 3.48. The van der Waals surface area contributed by atoms with Crippen LogP contribution in [0.15, 0.2) is 97.8 Å². The van der Waals surface area contributed by atoms with Gasteiger partial charge in [-0.05, 0) is 79.6 Å². The van der Waals surface area contributed by atoms with E-state index in [-0.39, 0.29) is 5.92 Å². The molecule has 194 valence electrons. The van der Waals surface area contributed by atoms with Crippen molar-refractivity contribution in [3.05, 3.63) is 89.2 Å². The summed E-state index contributed by atoms with van der Waals surface area (Å²) < 4.78 is 12.9. The first-order valence-corrected chi connectivity index (χ1v) is 14.3. The number of hydrogen-bond donors (Lipinski definition) is 1. The van der Waals surface area contributed by atoms with Crippen LogP contribution < -0.4 is 15.0 Å². The van der Waals surface area contributed by atoms with Crippen LogP contribution in [0.4, 0.5) is 17.2 Å². The Kier molecular flexibility index (Phi) is 6.41. The van der Waals surface area contributed by atoms with E-state index in [0.29, 0.717) is 11.7 Å². The van der Waals surface area contributed by atoms with Gasteiger partial charge in [-0.2, -0.15) is 4.98 Å². The van der Waals surface area contributed by atoms with Crippen LogP contribution in [0.25, 0.3) is 11.4 Å². The van der Waals surface area contributed by atoms with Crippen molar-refractivity contribution in [2.45, 2.75) is 28.7 Å². The standard InChI is InChI=1S/C29H23BrN6O2S/c30-20-8-10-21(11-9-20)39-27-14-13-26(33-34-27)36-15-3-4-19(17-36)29-32-28(35-38-29)18-7-12-23-25(16-18)37-24-6-2-1-5-22(24)31-23/h1-2,5-14,16,19,31H,3-4,15,17H2. The molecule has 3 aromatic carbocycles. The van der Waals surface area contributed by atoms with E-state index in [1.54, 1.807) is 11.8 Å². The van der Waals surface area contributed by atoms with Crippen LogP contribution in [0.3, 0.4) is 0 Å². The van der Waals surface area contributed by atoms with Gasteiger partial charge in [0, 0.05) is 28.0 Å². The van der Waals surface area contributed by atoms with Gasteiger partial charge in [-0.15, -0.1) is 10.2 Å². The topological polar surface area (TPSA) is 89.2 Å². The third kappa shape index (κ3) is 5.09. The Hall–Kier alpha value is -3.89. The highest BCUT2D eigenvalue weighted by Crippen LogP contribution is 2.43. The largest absolute Gasteiger partial charge is 0.453 e. The number of nitrogens with one attached hydrogen (secondary N) is 1. The maximum absolute atomic E-state index is 6.10. The van der Waals surface area contributed by atoms with Gasteiger partial charge in [-0.25, -0.2) is 0 Å². The lowest BCUT2D eigenvalue weighted by atomic mass is 9.98. The summed E-state index contributed by atoms with van der Waals surface area (Å²) in [7, 11) is 0. The second-order valence-electron chi connectivity index (χ2n) is 9.46. The van der Waals surface area contributed by atoms with Gasteiger partial charge in [0.2, 0.25) is 11.7 Å². The molecule has 39 heavy (non-hydrogen) atoms.